The van der Waals surface area contributed by atoms with Crippen molar-refractivity contribution in [3.63, 3.8) is 0 Å². The summed E-state index contributed by atoms with van der Waals surface area (Å²) in [5.74, 6) is 2.37. The van der Waals surface area contributed by atoms with Crippen molar-refractivity contribution in [2.24, 2.45) is 5.92 Å². The van der Waals surface area contributed by atoms with Crippen molar-refractivity contribution in [2.45, 2.75) is 31.3 Å². The molecule has 0 saturated heterocycles. The number of hydrogen-bond donors (Lipinski definition) is 1. The van der Waals surface area contributed by atoms with E-state index < -0.39 is 0 Å². The summed E-state index contributed by atoms with van der Waals surface area (Å²) >= 11 is 1.53. The van der Waals surface area contributed by atoms with E-state index in [0.29, 0.717) is 5.82 Å². The minimum Gasteiger partial charge on any atom is -0.383 e. The van der Waals surface area contributed by atoms with Gasteiger partial charge in [0.2, 0.25) is 0 Å². The highest BCUT2D eigenvalue weighted by Gasteiger charge is 2.21. The first kappa shape index (κ1) is 12.5. The number of nitrogens with two attached hydrogens (primary N) is 1. The van der Waals surface area contributed by atoms with Crippen LogP contribution in [0.15, 0.2) is 11.2 Å². The van der Waals surface area contributed by atoms with E-state index in [1.54, 1.807) is 0 Å². The number of nitrogens with zero attached hydrogens (tertiary/aromatic N) is 3. The molecule has 0 atom stereocenters. The topological polar surface area (TPSA) is 55.0 Å². The van der Waals surface area contributed by atoms with E-state index in [4.69, 9.17) is 5.73 Å². The summed E-state index contributed by atoms with van der Waals surface area (Å²) in [4.78, 5) is 11.0. The van der Waals surface area contributed by atoms with Crippen LogP contribution in [0, 0.1) is 5.92 Å². The maximum absolute atomic E-state index is 5.81. The van der Waals surface area contributed by atoms with E-state index in [2.05, 4.69) is 21.8 Å². The van der Waals surface area contributed by atoms with Crippen LogP contribution in [0.3, 0.4) is 0 Å². The Labute approximate surface area is 107 Å². The van der Waals surface area contributed by atoms with Gasteiger partial charge in [0.25, 0.3) is 0 Å². The molecule has 1 heterocycles. The summed E-state index contributed by atoms with van der Waals surface area (Å²) in [5.41, 5.74) is 5.81. The number of thioether (sulfide) groups is 1. The molecule has 2 N–H and O–H groups in total. The first-order chi connectivity index (χ1) is 8.22. The normalized spacial score (nSPS) is 15.6. The van der Waals surface area contributed by atoms with Crippen molar-refractivity contribution in [3.05, 3.63) is 6.07 Å². The van der Waals surface area contributed by atoms with Gasteiger partial charge in [-0.05, 0) is 31.9 Å². The largest absolute Gasteiger partial charge is 0.383 e. The Bertz CT molecular complexity index is 379. The maximum Gasteiger partial charge on any atom is 0.191 e. The Kier molecular flexibility index (Phi) is 4.10. The van der Waals surface area contributed by atoms with Crippen LogP contribution in [0.5, 0.6) is 0 Å². The molecule has 1 aliphatic rings. The molecule has 0 bridgehead atoms. The van der Waals surface area contributed by atoms with Crippen molar-refractivity contribution in [3.8, 4) is 0 Å². The van der Waals surface area contributed by atoms with Crippen molar-refractivity contribution < 1.29 is 0 Å². The fraction of sp³-hybridized carbons (Fsp3) is 0.667. The molecule has 0 unspecified atom stereocenters. The Morgan fingerprint density at radius 1 is 1.47 bits per heavy atom. The summed E-state index contributed by atoms with van der Waals surface area (Å²) in [7, 11) is 0. The minimum atomic E-state index is 0.561. The summed E-state index contributed by atoms with van der Waals surface area (Å²) < 4.78 is 0. The number of rotatable bonds is 5. The average Bonchev–Trinajstić information content (AvgIpc) is 2.27. The zero-order valence-corrected chi connectivity index (χ0v) is 11.3. The van der Waals surface area contributed by atoms with Crippen molar-refractivity contribution in [1.29, 1.82) is 0 Å². The molecule has 2 rings (SSSR count). The molecule has 0 amide bonds. The van der Waals surface area contributed by atoms with E-state index >= 15 is 0 Å². The van der Waals surface area contributed by atoms with Crippen LogP contribution in [0.1, 0.15) is 26.2 Å². The van der Waals surface area contributed by atoms with Gasteiger partial charge in [-0.2, -0.15) is 0 Å². The van der Waals surface area contributed by atoms with Crippen molar-refractivity contribution in [1.82, 2.24) is 9.97 Å². The lowest BCUT2D eigenvalue weighted by Crippen LogP contribution is -2.33. The third-order valence-electron chi connectivity index (χ3n) is 3.30. The van der Waals surface area contributed by atoms with Crippen LogP contribution >= 0.6 is 11.8 Å². The van der Waals surface area contributed by atoms with Gasteiger partial charge in [0, 0.05) is 19.2 Å². The summed E-state index contributed by atoms with van der Waals surface area (Å²) in [6.45, 7) is 4.23. The van der Waals surface area contributed by atoms with Crippen molar-refractivity contribution >= 4 is 23.4 Å². The van der Waals surface area contributed by atoms with Crippen LogP contribution in [-0.4, -0.2) is 29.3 Å². The van der Waals surface area contributed by atoms with E-state index in [0.717, 1.165) is 30.0 Å². The summed E-state index contributed by atoms with van der Waals surface area (Å²) in [6.07, 6.45) is 6.06. The summed E-state index contributed by atoms with van der Waals surface area (Å²) in [5, 5.41) is 0.757. The quantitative estimate of drug-likeness (QED) is 0.644. The molecular formula is C12H20N4S. The molecule has 0 spiro atoms. The molecule has 1 fully saturated rings. The molecule has 17 heavy (non-hydrogen) atoms. The van der Waals surface area contributed by atoms with Gasteiger partial charge in [-0.25, -0.2) is 9.97 Å². The van der Waals surface area contributed by atoms with Gasteiger partial charge in [0.1, 0.15) is 11.6 Å². The van der Waals surface area contributed by atoms with E-state index in [-0.39, 0.29) is 0 Å². The molecule has 1 aromatic heterocycles. The van der Waals surface area contributed by atoms with Gasteiger partial charge in [0.15, 0.2) is 5.16 Å². The SMILES string of the molecule is CCN(CC1CCC1)c1cc(N)nc(SC)n1. The zero-order chi connectivity index (χ0) is 12.3. The van der Waals surface area contributed by atoms with E-state index in [1.807, 2.05) is 12.3 Å². The molecule has 4 nitrogen and oxygen atoms in total. The molecule has 1 aromatic rings. The predicted molar refractivity (Wildman–Crippen MR) is 73.5 cm³/mol. The smallest absolute Gasteiger partial charge is 0.191 e. The van der Waals surface area contributed by atoms with Crippen molar-refractivity contribution in [2.75, 3.05) is 30.0 Å². The highest BCUT2D eigenvalue weighted by atomic mass is 32.2. The Morgan fingerprint density at radius 2 is 2.24 bits per heavy atom. The Hall–Kier alpha value is -0.970. The molecule has 1 aliphatic carbocycles. The number of hydrogen-bond acceptors (Lipinski definition) is 5. The first-order valence-corrected chi connectivity index (χ1v) is 7.39. The van der Waals surface area contributed by atoms with Gasteiger partial charge >= 0.3 is 0 Å². The number of aromatic nitrogens is 2. The molecule has 0 aliphatic heterocycles. The molecule has 5 heteroatoms. The highest BCUT2D eigenvalue weighted by Crippen LogP contribution is 2.29. The van der Waals surface area contributed by atoms with Crippen LogP contribution in [-0.2, 0) is 0 Å². The number of nitrogen functional groups attached to an aromatic ring is 1. The minimum absolute atomic E-state index is 0.561. The van der Waals surface area contributed by atoms with Crippen LogP contribution in [0.25, 0.3) is 0 Å². The monoisotopic (exact) mass is 252 g/mol. The summed E-state index contributed by atoms with van der Waals surface area (Å²) in [6, 6.07) is 1.88. The second-order valence-electron chi connectivity index (χ2n) is 4.47. The van der Waals surface area contributed by atoms with Gasteiger partial charge in [-0.1, -0.05) is 18.2 Å². The third-order valence-corrected chi connectivity index (χ3v) is 3.85. The zero-order valence-electron chi connectivity index (χ0n) is 10.5. The number of anilines is 2. The molecule has 1 saturated carbocycles. The third kappa shape index (κ3) is 3.03. The molecule has 0 aromatic carbocycles. The predicted octanol–water partition coefficient (Wildman–Crippen LogP) is 2.41. The van der Waals surface area contributed by atoms with Crippen LogP contribution in [0.2, 0.25) is 0 Å². The van der Waals surface area contributed by atoms with Crippen LogP contribution < -0.4 is 10.6 Å². The highest BCUT2D eigenvalue weighted by molar-refractivity contribution is 7.98. The fourth-order valence-corrected chi connectivity index (χ4v) is 2.44. The van der Waals surface area contributed by atoms with Gasteiger partial charge < -0.3 is 10.6 Å². The van der Waals surface area contributed by atoms with Gasteiger partial charge in [-0.15, -0.1) is 0 Å². The van der Waals surface area contributed by atoms with E-state index in [9.17, 15) is 0 Å². The Balaban J connectivity index is 2.13. The van der Waals surface area contributed by atoms with Gasteiger partial charge in [-0.3, -0.25) is 0 Å². The second kappa shape index (κ2) is 5.58. The standard InChI is InChI=1S/C12H20N4S/c1-3-16(8-9-5-4-6-9)11-7-10(13)14-12(15-11)17-2/h7,9H,3-6,8H2,1-2H3,(H2,13,14,15). The maximum atomic E-state index is 5.81. The fourth-order valence-electron chi connectivity index (χ4n) is 2.06. The average molecular weight is 252 g/mol. The van der Waals surface area contributed by atoms with E-state index in [1.165, 1.54) is 31.0 Å². The second-order valence-corrected chi connectivity index (χ2v) is 5.25. The first-order valence-electron chi connectivity index (χ1n) is 6.16. The molecule has 94 valence electrons. The lowest BCUT2D eigenvalue weighted by Gasteiger charge is -2.32. The van der Waals surface area contributed by atoms with Crippen LogP contribution in [0.4, 0.5) is 11.6 Å². The molecular weight excluding hydrogens is 232 g/mol. The lowest BCUT2D eigenvalue weighted by atomic mass is 9.85. The molecule has 0 radical (unpaired) electrons. The lowest BCUT2D eigenvalue weighted by molar-refractivity contribution is 0.318. The van der Waals surface area contributed by atoms with Gasteiger partial charge in [0.05, 0.1) is 0 Å². The Morgan fingerprint density at radius 3 is 2.76 bits per heavy atom.